The zero-order valence-corrected chi connectivity index (χ0v) is 9.69. The minimum atomic E-state index is -0.121. The Hall–Kier alpha value is -0.713. The van der Waals surface area contributed by atoms with Crippen LogP contribution in [0.3, 0.4) is 0 Å². The molecule has 1 radical (unpaired) electrons. The summed E-state index contributed by atoms with van der Waals surface area (Å²) in [5, 5.41) is 0. The Kier molecular flexibility index (Phi) is 7.20. The molecule has 0 N–H and O–H groups in total. The molecule has 0 aromatic heterocycles. The quantitative estimate of drug-likeness (QED) is 0.548. The van der Waals surface area contributed by atoms with Gasteiger partial charge in [0.1, 0.15) is 0 Å². The van der Waals surface area contributed by atoms with Crippen molar-refractivity contribution in [3.05, 3.63) is 35.9 Å². The predicted octanol–water partition coefficient (Wildman–Crippen LogP) is 2.19. The van der Waals surface area contributed by atoms with Crippen LogP contribution in [0.15, 0.2) is 30.3 Å². The molecule has 0 bridgehead atoms. The standard InChI is InChI=1S/C12H16O2.Li/c1-10(2)14-12(13)9-8-11-6-4-3-5-7-11;/h3-7,10H,8-9H2,1-2H3;. The van der Waals surface area contributed by atoms with Gasteiger partial charge in [-0.2, -0.15) is 0 Å². The Morgan fingerprint density at radius 2 is 1.87 bits per heavy atom. The van der Waals surface area contributed by atoms with Crippen LogP contribution in [0.5, 0.6) is 0 Å². The average Bonchev–Trinajstić information content (AvgIpc) is 2.15. The predicted molar refractivity (Wildman–Crippen MR) is 61.7 cm³/mol. The van der Waals surface area contributed by atoms with Crippen LogP contribution in [0.4, 0.5) is 0 Å². The zero-order chi connectivity index (χ0) is 10.4. The summed E-state index contributed by atoms with van der Waals surface area (Å²) in [5.41, 5.74) is 1.17. The molecule has 0 aliphatic rings. The number of hydrogen-bond acceptors (Lipinski definition) is 2. The van der Waals surface area contributed by atoms with Crippen molar-refractivity contribution >= 4 is 24.8 Å². The second-order valence-corrected chi connectivity index (χ2v) is 3.52. The maximum atomic E-state index is 11.2. The van der Waals surface area contributed by atoms with Gasteiger partial charge in [0.2, 0.25) is 0 Å². The zero-order valence-electron chi connectivity index (χ0n) is 9.69. The number of hydrogen-bond donors (Lipinski definition) is 0. The fourth-order valence-corrected chi connectivity index (χ4v) is 1.21. The second kappa shape index (κ2) is 7.56. The molecule has 15 heavy (non-hydrogen) atoms. The van der Waals surface area contributed by atoms with E-state index in [2.05, 4.69) is 0 Å². The third-order valence-corrected chi connectivity index (χ3v) is 1.83. The number of esters is 1. The SMILES string of the molecule is CC(C)OC(=O)CCc1ccccc1.[Li]. The van der Waals surface area contributed by atoms with Crippen molar-refractivity contribution < 1.29 is 9.53 Å². The van der Waals surface area contributed by atoms with Crippen molar-refractivity contribution in [3.8, 4) is 0 Å². The molecule has 3 heteroatoms. The summed E-state index contributed by atoms with van der Waals surface area (Å²) >= 11 is 0. The van der Waals surface area contributed by atoms with Crippen molar-refractivity contribution in [2.75, 3.05) is 0 Å². The number of ether oxygens (including phenoxy) is 1. The molecule has 0 fully saturated rings. The summed E-state index contributed by atoms with van der Waals surface area (Å²) in [5.74, 6) is -0.121. The molecule has 0 saturated heterocycles. The molecule has 1 rings (SSSR count). The van der Waals surface area contributed by atoms with Gasteiger partial charge in [-0.3, -0.25) is 4.79 Å². The van der Waals surface area contributed by atoms with Gasteiger partial charge in [-0.25, -0.2) is 0 Å². The maximum Gasteiger partial charge on any atom is 0.306 e. The largest absolute Gasteiger partial charge is 0.463 e. The molecule has 0 amide bonds. The monoisotopic (exact) mass is 199 g/mol. The Bertz CT molecular complexity index is 283. The molecular weight excluding hydrogens is 183 g/mol. The van der Waals surface area contributed by atoms with E-state index in [-0.39, 0.29) is 30.9 Å². The summed E-state index contributed by atoms with van der Waals surface area (Å²) in [6.07, 6.45) is 1.20. The molecule has 0 saturated carbocycles. The van der Waals surface area contributed by atoms with Crippen LogP contribution in [-0.2, 0) is 16.0 Å². The molecular formula is C12H16LiO2. The van der Waals surface area contributed by atoms with Gasteiger partial charge in [-0.05, 0) is 25.8 Å². The fourth-order valence-electron chi connectivity index (χ4n) is 1.21. The molecule has 77 valence electrons. The van der Waals surface area contributed by atoms with Crippen molar-refractivity contribution in [1.82, 2.24) is 0 Å². The summed E-state index contributed by atoms with van der Waals surface area (Å²) in [7, 11) is 0. The van der Waals surface area contributed by atoms with Crippen molar-refractivity contribution in [2.24, 2.45) is 0 Å². The topological polar surface area (TPSA) is 26.3 Å². The smallest absolute Gasteiger partial charge is 0.306 e. The molecule has 1 aromatic rings. The van der Waals surface area contributed by atoms with Gasteiger partial charge < -0.3 is 4.74 Å². The molecule has 0 aliphatic carbocycles. The molecule has 0 aliphatic heterocycles. The first kappa shape index (κ1) is 14.3. The van der Waals surface area contributed by atoms with E-state index in [1.54, 1.807) is 0 Å². The van der Waals surface area contributed by atoms with Gasteiger partial charge in [0, 0.05) is 25.3 Å². The van der Waals surface area contributed by atoms with Crippen LogP contribution < -0.4 is 0 Å². The Balaban J connectivity index is 0.00000196. The first-order valence-electron chi connectivity index (χ1n) is 4.92. The van der Waals surface area contributed by atoms with E-state index < -0.39 is 0 Å². The van der Waals surface area contributed by atoms with E-state index >= 15 is 0 Å². The number of aryl methyl sites for hydroxylation is 1. The van der Waals surface area contributed by atoms with Crippen LogP contribution in [0.2, 0.25) is 0 Å². The molecule has 0 heterocycles. The first-order valence-corrected chi connectivity index (χ1v) is 4.92. The van der Waals surface area contributed by atoms with E-state index in [1.165, 1.54) is 5.56 Å². The van der Waals surface area contributed by atoms with Gasteiger partial charge in [-0.1, -0.05) is 30.3 Å². The van der Waals surface area contributed by atoms with E-state index in [1.807, 2.05) is 44.2 Å². The number of carbonyl (C=O) groups is 1. The normalized spacial score (nSPS) is 9.53. The minimum absolute atomic E-state index is 0. The first-order chi connectivity index (χ1) is 6.68. The van der Waals surface area contributed by atoms with Crippen LogP contribution >= 0.6 is 0 Å². The van der Waals surface area contributed by atoms with E-state index in [9.17, 15) is 4.79 Å². The van der Waals surface area contributed by atoms with Crippen LogP contribution in [0.25, 0.3) is 0 Å². The molecule has 0 unspecified atom stereocenters. The summed E-state index contributed by atoms with van der Waals surface area (Å²) in [4.78, 5) is 11.2. The van der Waals surface area contributed by atoms with Gasteiger partial charge in [0.15, 0.2) is 0 Å². The third-order valence-electron chi connectivity index (χ3n) is 1.83. The van der Waals surface area contributed by atoms with Gasteiger partial charge >= 0.3 is 5.97 Å². The summed E-state index contributed by atoms with van der Waals surface area (Å²) < 4.78 is 5.03. The molecule has 1 aromatic carbocycles. The van der Waals surface area contributed by atoms with Gasteiger partial charge in [0.05, 0.1) is 6.10 Å². The van der Waals surface area contributed by atoms with Crippen LogP contribution in [0, 0.1) is 0 Å². The van der Waals surface area contributed by atoms with Crippen molar-refractivity contribution in [1.29, 1.82) is 0 Å². The number of carbonyl (C=O) groups excluding carboxylic acids is 1. The van der Waals surface area contributed by atoms with Crippen molar-refractivity contribution in [2.45, 2.75) is 32.8 Å². The molecule has 0 spiro atoms. The van der Waals surface area contributed by atoms with Crippen molar-refractivity contribution in [3.63, 3.8) is 0 Å². The summed E-state index contributed by atoms with van der Waals surface area (Å²) in [6, 6.07) is 9.95. The number of benzene rings is 1. The molecule has 0 atom stereocenters. The van der Waals surface area contributed by atoms with Gasteiger partial charge in [0.25, 0.3) is 0 Å². The maximum absolute atomic E-state index is 11.2. The average molecular weight is 199 g/mol. The summed E-state index contributed by atoms with van der Waals surface area (Å²) in [6.45, 7) is 3.72. The second-order valence-electron chi connectivity index (χ2n) is 3.52. The Morgan fingerprint density at radius 1 is 1.27 bits per heavy atom. The van der Waals surface area contributed by atoms with Crippen LogP contribution in [-0.4, -0.2) is 30.9 Å². The third kappa shape index (κ3) is 6.38. The number of rotatable bonds is 4. The molecule has 2 nitrogen and oxygen atoms in total. The van der Waals surface area contributed by atoms with Crippen LogP contribution in [0.1, 0.15) is 25.8 Å². The van der Waals surface area contributed by atoms with E-state index in [0.29, 0.717) is 6.42 Å². The van der Waals surface area contributed by atoms with E-state index in [4.69, 9.17) is 4.74 Å². The van der Waals surface area contributed by atoms with E-state index in [0.717, 1.165) is 6.42 Å². The Morgan fingerprint density at radius 3 is 2.40 bits per heavy atom. The Labute approximate surface area is 103 Å². The van der Waals surface area contributed by atoms with Gasteiger partial charge in [-0.15, -0.1) is 0 Å². The minimum Gasteiger partial charge on any atom is -0.463 e. The fraction of sp³-hybridized carbons (Fsp3) is 0.417.